The molecule has 28 heavy (non-hydrogen) atoms. The van der Waals surface area contributed by atoms with Crippen LogP contribution >= 0.6 is 11.6 Å². The maximum atomic E-state index is 13.1. The van der Waals surface area contributed by atoms with Crippen LogP contribution in [0.5, 0.6) is 0 Å². The van der Waals surface area contributed by atoms with Crippen molar-refractivity contribution in [2.45, 2.75) is 6.42 Å². The fourth-order valence-electron chi connectivity index (χ4n) is 3.15. The molecule has 9 heteroatoms. The van der Waals surface area contributed by atoms with Crippen molar-refractivity contribution in [3.05, 3.63) is 58.9 Å². The van der Waals surface area contributed by atoms with Gasteiger partial charge in [0, 0.05) is 37.4 Å². The number of hydrogen-bond acceptors (Lipinski definition) is 4. The van der Waals surface area contributed by atoms with Crippen LogP contribution in [0.2, 0.25) is 5.02 Å². The number of amides is 1. The summed E-state index contributed by atoms with van der Waals surface area (Å²) < 4.78 is 38.4. The second-order valence-electron chi connectivity index (χ2n) is 6.68. The van der Waals surface area contributed by atoms with Crippen molar-refractivity contribution in [3.8, 4) is 0 Å². The van der Waals surface area contributed by atoms with Crippen LogP contribution in [0.1, 0.15) is 16.8 Å². The third-order valence-corrected chi connectivity index (χ3v) is 5.40. The topological polar surface area (TPSA) is 69.7 Å². The fraction of sp³-hybridized carbons (Fsp3) is 0.316. The third kappa shape index (κ3) is 5.14. The highest BCUT2D eigenvalue weighted by atomic mass is 35.5. The second kappa shape index (κ2) is 8.36. The smallest absolute Gasteiger partial charge is 0.253 e. The number of carbonyl (C=O) groups is 1. The zero-order valence-electron chi connectivity index (χ0n) is 15.4. The lowest BCUT2D eigenvalue weighted by atomic mass is 10.1. The largest absolute Gasteiger partial charge is 0.370 e. The fourth-order valence-corrected chi connectivity index (χ4v) is 3.94. The van der Waals surface area contributed by atoms with Gasteiger partial charge >= 0.3 is 0 Å². The van der Waals surface area contributed by atoms with Crippen molar-refractivity contribution >= 4 is 38.9 Å². The van der Waals surface area contributed by atoms with Gasteiger partial charge in [-0.25, -0.2) is 12.8 Å². The van der Waals surface area contributed by atoms with Gasteiger partial charge in [0.05, 0.1) is 17.0 Å². The summed E-state index contributed by atoms with van der Waals surface area (Å²) >= 11 is 6.03. The maximum Gasteiger partial charge on any atom is 0.253 e. The molecule has 6 nitrogen and oxygen atoms in total. The molecular formula is C19H21ClFN3O3S. The van der Waals surface area contributed by atoms with Crippen LogP contribution in [0.4, 0.5) is 15.8 Å². The van der Waals surface area contributed by atoms with Crippen LogP contribution in [0, 0.1) is 5.82 Å². The average molecular weight is 426 g/mol. The van der Waals surface area contributed by atoms with Gasteiger partial charge in [-0.1, -0.05) is 11.6 Å². The molecule has 0 aromatic heterocycles. The number of carbonyl (C=O) groups excluding carboxylic acids is 1. The van der Waals surface area contributed by atoms with Crippen molar-refractivity contribution in [1.82, 2.24) is 4.90 Å². The molecule has 150 valence electrons. The number of benzene rings is 2. The highest BCUT2D eigenvalue weighted by Gasteiger charge is 2.21. The minimum atomic E-state index is -3.51. The molecule has 1 aliphatic rings. The van der Waals surface area contributed by atoms with E-state index in [2.05, 4.69) is 9.62 Å². The van der Waals surface area contributed by atoms with E-state index in [-0.39, 0.29) is 22.4 Å². The van der Waals surface area contributed by atoms with Gasteiger partial charge in [-0.15, -0.1) is 0 Å². The normalized spacial score (nSPS) is 15.2. The van der Waals surface area contributed by atoms with E-state index in [0.717, 1.165) is 24.9 Å². The summed E-state index contributed by atoms with van der Waals surface area (Å²) in [5, 5.41) is 0.223. The van der Waals surface area contributed by atoms with Crippen LogP contribution < -0.4 is 9.62 Å². The Morgan fingerprint density at radius 1 is 1.07 bits per heavy atom. The molecular weight excluding hydrogens is 405 g/mol. The van der Waals surface area contributed by atoms with Crippen molar-refractivity contribution in [2.75, 3.05) is 42.1 Å². The first-order valence-corrected chi connectivity index (χ1v) is 11.1. The molecule has 0 aliphatic carbocycles. The Morgan fingerprint density at radius 2 is 1.79 bits per heavy atom. The van der Waals surface area contributed by atoms with Crippen LogP contribution in [-0.2, 0) is 10.0 Å². The van der Waals surface area contributed by atoms with Gasteiger partial charge < -0.3 is 9.80 Å². The van der Waals surface area contributed by atoms with Crippen molar-refractivity contribution in [2.24, 2.45) is 0 Å². The summed E-state index contributed by atoms with van der Waals surface area (Å²) in [6, 6.07) is 10.9. The molecule has 1 N–H and O–H groups in total. The molecule has 0 spiro atoms. The van der Waals surface area contributed by atoms with Gasteiger partial charge in [0.2, 0.25) is 10.0 Å². The Labute approximate surface area is 168 Å². The van der Waals surface area contributed by atoms with E-state index in [0.29, 0.717) is 25.2 Å². The highest BCUT2D eigenvalue weighted by molar-refractivity contribution is 7.92. The number of anilines is 2. The van der Waals surface area contributed by atoms with Crippen molar-refractivity contribution < 1.29 is 17.6 Å². The van der Waals surface area contributed by atoms with Gasteiger partial charge in [-0.05, 0) is 48.9 Å². The Morgan fingerprint density at radius 3 is 2.46 bits per heavy atom. The van der Waals surface area contributed by atoms with E-state index >= 15 is 0 Å². The van der Waals surface area contributed by atoms with Gasteiger partial charge in [0.25, 0.3) is 5.91 Å². The molecule has 1 saturated heterocycles. The van der Waals surface area contributed by atoms with Gasteiger partial charge in [-0.3, -0.25) is 9.52 Å². The molecule has 2 aromatic carbocycles. The van der Waals surface area contributed by atoms with Crippen molar-refractivity contribution in [1.29, 1.82) is 0 Å². The summed E-state index contributed by atoms with van der Waals surface area (Å²) in [7, 11) is -3.51. The van der Waals surface area contributed by atoms with Gasteiger partial charge in [0.1, 0.15) is 5.82 Å². The summed E-state index contributed by atoms with van der Waals surface area (Å²) in [6.07, 6.45) is 1.79. The number of hydrogen-bond donors (Lipinski definition) is 1. The molecule has 0 saturated carbocycles. The monoisotopic (exact) mass is 425 g/mol. The molecule has 1 amide bonds. The molecule has 0 unspecified atom stereocenters. The zero-order chi connectivity index (χ0) is 20.3. The SMILES string of the molecule is CS(=O)(=O)Nc1cc(C(=O)N2CCCN(c3ccc(F)cc3)CC2)ccc1Cl. The highest BCUT2D eigenvalue weighted by Crippen LogP contribution is 2.25. The lowest BCUT2D eigenvalue weighted by Crippen LogP contribution is -2.35. The number of nitrogens with zero attached hydrogens (tertiary/aromatic N) is 2. The number of rotatable bonds is 4. The predicted molar refractivity (Wildman–Crippen MR) is 109 cm³/mol. The van der Waals surface area contributed by atoms with E-state index in [4.69, 9.17) is 11.6 Å². The first kappa shape index (κ1) is 20.4. The standard InChI is InChI=1S/C19H21ClFN3O3S/c1-28(26,27)22-18-13-14(3-8-17(18)20)19(25)24-10-2-9-23(11-12-24)16-6-4-15(21)5-7-16/h3-8,13,22H,2,9-12H2,1H3. The van der Waals surface area contributed by atoms with E-state index in [1.807, 2.05) is 0 Å². The first-order valence-electron chi connectivity index (χ1n) is 8.80. The molecule has 0 bridgehead atoms. The minimum Gasteiger partial charge on any atom is -0.370 e. The molecule has 2 aromatic rings. The lowest BCUT2D eigenvalue weighted by Gasteiger charge is -2.24. The van der Waals surface area contributed by atoms with Gasteiger partial charge in [-0.2, -0.15) is 0 Å². The number of sulfonamides is 1. The molecule has 1 fully saturated rings. The summed E-state index contributed by atoms with van der Waals surface area (Å²) in [6.45, 7) is 2.47. The molecule has 0 atom stereocenters. The van der Waals surface area contributed by atoms with E-state index in [9.17, 15) is 17.6 Å². The lowest BCUT2D eigenvalue weighted by molar-refractivity contribution is 0.0767. The van der Waals surface area contributed by atoms with Crippen LogP contribution in [0.25, 0.3) is 0 Å². The Hall–Kier alpha value is -2.32. The van der Waals surface area contributed by atoms with E-state index in [1.54, 1.807) is 23.1 Å². The van der Waals surface area contributed by atoms with Crippen molar-refractivity contribution in [3.63, 3.8) is 0 Å². The Bertz CT molecular complexity index is 967. The van der Waals surface area contributed by atoms with Crippen LogP contribution in [0.3, 0.4) is 0 Å². The summed E-state index contributed by atoms with van der Waals surface area (Å²) in [5.41, 5.74) is 1.46. The Kier molecular flexibility index (Phi) is 6.10. The molecule has 1 heterocycles. The maximum absolute atomic E-state index is 13.1. The second-order valence-corrected chi connectivity index (χ2v) is 8.83. The van der Waals surface area contributed by atoms with Crippen LogP contribution in [-0.4, -0.2) is 51.7 Å². The first-order chi connectivity index (χ1) is 13.2. The molecule has 3 rings (SSSR count). The quantitative estimate of drug-likeness (QED) is 0.816. The number of halogens is 2. The third-order valence-electron chi connectivity index (χ3n) is 4.48. The van der Waals surface area contributed by atoms with Crippen LogP contribution in [0.15, 0.2) is 42.5 Å². The average Bonchev–Trinajstić information content (AvgIpc) is 2.89. The zero-order valence-corrected chi connectivity index (χ0v) is 16.9. The van der Waals surface area contributed by atoms with Gasteiger partial charge in [0.15, 0.2) is 0 Å². The predicted octanol–water partition coefficient (Wildman–Crippen LogP) is 3.20. The van der Waals surface area contributed by atoms with E-state index < -0.39 is 10.0 Å². The molecule has 0 radical (unpaired) electrons. The van der Waals surface area contributed by atoms with E-state index in [1.165, 1.54) is 24.3 Å². The molecule has 1 aliphatic heterocycles. The number of nitrogens with one attached hydrogen (secondary N) is 1. The minimum absolute atomic E-state index is 0.178. The Balaban J connectivity index is 1.73. The summed E-state index contributed by atoms with van der Waals surface area (Å²) in [4.78, 5) is 16.8. The summed E-state index contributed by atoms with van der Waals surface area (Å²) in [5.74, 6) is -0.467.